The summed E-state index contributed by atoms with van der Waals surface area (Å²) in [6.45, 7) is 1.56. The van der Waals surface area contributed by atoms with Crippen molar-refractivity contribution in [2.45, 2.75) is 24.8 Å². The molecule has 1 saturated heterocycles. The van der Waals surface area contributed by atoms with E-state index in [1.807, 2.05) is 0 Å². The number of nitrogens with one attached hydrogen (secondary N) is 1. The highest BCUT2D eigenvalue weighted by molar-refractivity contribution is 5.93. The number of H-pyrrole nitrogens is 1. The molecule has 2 aliphatic rings. The van der Waals surface area contributed by atoms with E-state index in [1.54, 1.807) is 4.90 Å². The van der Waals surface area contributed by atoms with Crippen LogP contribution in [0.5, 0.6) is 0 Å². The zero-order chi connectivity index (χ0) is 13.5. The highest BCUT2D eigenvalue weighted by atomic mass is 16.6. The molecule has 8 nitrogen and oxygen atoms in total. The Labute approximate surface area is 108 Å². The van der Waals surface area contributed by atoms with Crippen LogP contribution < -0.4 is 0 Å². The van der Waals surface area contributed by atoms with E-state index in [0.717, 1.165) is 19.3 Å². The van der Waals surface area contributed by atoms with Crippen LogP contribution in [-0.4, -0.2) is 51.2 Å². The van der Waals surface area contributed by atoms with E-state index >= 15 is 0 Å². The molecular formula is C11H14N4O4. The van der Waals surface area contributed by atoms with Crippen molar-refractivity contribution in [1.82, 2.24) is 15.1 Å². The summed E-state index contributed by atoms with van der Waals surface area (Å²) in [5, 5.41) is 16.6. The summed E-state index contributed by atoms with van der Waals surface area (Å²) in [5.41, 5.74) is -0.122. The largest absolute Gasteiger partial charge is 0.377 e. The minimum absolute atomic E-state index is 0.0971. The quantitative estimate of drug-likeness (QED) is 0.627. The van der Waals surface area contributed by atoms with Gasteiger partial charge in [-0.3, -0.25) is 4.79 Å². The summed E-state index contributed by atoms with van der Waals surface area (Å²) in [6, 6.07) is 1.18. The maximum atomic E-state index is 12.4. The summed E-state index contributed by atoms with van der Waals surface area (Å²) in [4.78, 5) is 24.2. The fraction of sp³-hybridized carbons (Fsp3) is 0.636. The predicted molar refractivity (Wildman–Crippen MR) is 63.7 cm³/mol. The fourth-order valence-electron chi connectivity index (χ4n) is 2.70. The Hall–Kier alpha value is -1.96. The highest BCUT2D eigenvalue weighted by Crippen LogP contribution is 2.40. The molecule has 0 bridgehead atoms. The van der Waals surface area contributed by atoms with Gasteiger partial charge < -0.3 is 19.8 Å². The minimum Gasteiger partial charge on any atom is -0.377 e. The number of morpholine rings is 1. The van der Waals surface area contributed by atoms with Crippen LogP contribution in [0.25, 0.3) is 0 Å². The van der Waals surface area contributed by atoms with Gasteiger partial charge in [0.15, 0.2) is 5.69 Å². The van der Waals surface area contributed by atoms with Gasteiger partial charge in [0.05, 0.1) is 24.8 Å². The molecule has 0 radical (unpaired) electrons. The zero-order valence-electron chi connectivity index (χ0n) is 10.3. The zero-order valence-corrected chi connectivity index (χ0v) is 10.3. The van der Waals surface area contributed by atoms with Crippen LogP contribution in [0.2, 0.25) is 0 Å². The van der Waals surface area contributed by atoms with Crippen molar-refractivity contribution in [3.05, 3.63) is 21.9 Å². The molecule has 19 heavy (non-hydrogen) atoms. The topological polar surface area (TPSA) is 101 Å². The van der Waals surface area contributed by atoms with E-state index < -0.39 is 4.92 Å². The minimum atomic E-state index is -0.595. The van der Waals surface area contributed by atoms with Crippen molar-refractivity contribution in [3.63, 3.8) is 0 Å². The first-order valence-electron chi connectivity index (χ1n) is 6.22. The molecule has 1 saturated carbocycles. The van der Waals surface area contributed by atoms with Crippen LogP contribution in [0.15, 0.2) is 6.07 Å². The summed E-state index contributed by atoms with van der Waals surface area (Å²) in [7, 11) is 0. The first kappa shape index (κ1) is 12.1. The van der Waals surface area contributed by atoms with Crippen molar-refractivity contribution in [3.8, 4) is 0 Å². The van der Waals surface area contributed by atoms with Gasteiger partial charge >= 0.3 is 5.82 Å². The maximum Gasteiger partial charge on any atom is 0.343 e. The number of carbonyl (C=O) groups is 1. The Balaban J connectivity index is 1.83. The van der Waals surface area contributed by atoms with Gasteiger partial charge in [-0.05, 0) is 24.2 Å². The summed E-state index contributed by atoms with van der Waals surface area (Å²) in [6.07, 6.45) is 2.92. The Morgan fingerprint density at radius 2 is 2.37 bits per heavy atom. The van der Waals surface area contributed by atoms with Gasteiger partial charge in [-0.1, -0.05) is 5.10 Å². The van der Waals surface area contributed by atoms with E-state index in [2.05, 4.69) is 10.2 Å². The lowest BCUT2D eigenvalue weighted by Crippen LogP contribution is -2.62. The van der Waals surface area contributed by atoms with Gasteiger partial charge in [0, 0.05) is 6.54 Å². The van der Waals surface area contributed by atoms with Gasteiger partial charge in [-0.2, -0.15) is 0 Å². The second-order valence-corrected chi connectivity index (χ2v) is 4.98. The first-order valence-corrected chi connectivity index (χ1v) is 6.22. The number of nitro groups is 1. The summed E-state index contributed by atoms with van der Waals surface area (Å²) >= 11 is 0. The number of ether oxygens (including phenoxy) is 1. The van der Waals surface area contributed by atoms with E-state index in [-0.39, 0.29) is 23.0 Å². The van der Waals surface area contributed by atoms with Crippen LogP contribution in [0.3, 0.4) is 0 Å². The lowest BCUT2D eigenvalue weighted by atomic mass is 9.75. The van der Waals surface area contributed by atoms with Crippen molar-refractivity contribution in [1.29, 1.82) is 0 Å². The number of hydrogen-bond donors (Lipinski definition) is 1. The predicted octanol–water partition coefficient (Wildman–Crippen LogP) is 0.713. The molecule has 8 heteroatoms. The number of hydrogen-bond acceptors (Lipinski definition) is 5. The van der Waals surface area contributed by atoms with Crippen molar-refractivity contribution in [2.24, 2.45) is 0 Å². The van der Waals surface area contributed by atoms with Gasteiger partial charge in [0.2, 0.25) is 0 Å². The van der Waals surface area contributed by atoms with Crippen LogP contribution in [0.1, 0.15) is 29.8 Å². The van der Waals surface area contributed by atoms with Crippen molar-refractivity contribution < 1.29 is 14.5 Å². The molecule has 2 fully saturated rings. The standard InChI is InChI=1S/C11H14N4O4/c16-10(8-6-9(13-12-8)15(17)18)14-4-5-19-7-11(14)2-1-3-11/h6H,1-5,7H2,(H,12,13). The van der Waals surface area contributed by atoms with E-state index in [0.29, 0.717) is 19.8 Å². The molecule has 1 amide bonds. The second-order valence-electron chi connectivity index (χ2n) is 4.98. The number of rotatable bonds is 2. The summed E-state index contributed by atoms with van der Waals surface area (Å²) in [5.74, 6) is -0.522. The molecule has 0 aromatic carbocycles. The molecule has 1 spiro atoms. The van der Waals surface area contributed by atoms with Gasteiger partial charge in [0.1, 0.15) is 0 Å². The monoisotopic (exact) mass is 266 g/mol. The van der Waals surface area contributed by atoms with Crippen molar-refractivity contribution in [2.75, 3.05) is 19.8 Å². The average molecular weight is 266 g/mol. The Kier molecular flexibility index (Phi) is 2.74. The number of amides is 1. The third kappa shape index (κ3) is 1.88. The first-order chi connectivity index (χ1) is 9.12. The SMILES string of the molecule is O=C(c1cc([N+](=O)[O-])[nH]n1)N1CCOCC12CCC2. The lowest BCUT2D eigenvalue weighted by Gasteiger charge is -2.52. The van der Waals surface area contributed by atoms with Crippen LogP contribution in [0, 0.1) is 10.1 Å². The molecule has 1 aliphatic heterocycles. The van der Waals surface area contributed by atoms with Crippen LogP contribution in [-0.2, 0) is 4.74 Å². The van der Waals surface area contributed by atoms with Gasteiger partial charge in [-0.25, -0.2) is 0 Å². The summed E-state index contributed by atoms with van der Waals surface area (Å²) < 4.78 is 5.46. The molecule has 0 atom stereocenters. The molecule has 3 rings (SSSR count). The smallest absolute Gasteiger partial charge is 0.343 e. The Morgan fingerprint density at radius 3 is 2.95 bits per heavy atom. The van der Waals surface area contributed by atoms with Crippen LogP contribution in [0.4, 0.5) is 5.82 Å². The molecule has 0 unspecified atom stereocenters. The van der Waals surface area contributed by atoms with Gasteiger partial charge in [-0.15, -0.1) is 5.10 Å². The van der Waals surface area contributed by atoms with E-state index in [4.69, 9.17) is 4.74 Å². The lowest BCUT2D eigenvalue weighted by molar-refractivity contribution is -0.389. The maximum absolute atomic E-state index is 12.4. The third-order valence-corrected chi connectivity index (χ3v) is 3.91. The molecule has 1 N–H and O–H groups in total. The third-order valence-electron chi connectivity index (χ3n) is 3.91. The molecule has 1 aromatic heterocycles. The number of aromatic nitrogens is 2. The second kappa shape index (κ2) is 4.30. The normalized spacial score (nSPS) is 21.2. The highest BCUT2D eigenvalue weighted by Gasteiger charge is 2.47. The molecular weight excluding hydrogens is 252 g/mol. The van der Waals surface area contributed by atoms with Crippen molar-refractivity contribution >= 4 is 11.7 Å². The molecule has 102 valence electrons. The number of nitrogens with zero attached hydrogens (tertiary/aromatic N) is 3. The fourth-order valence-corrected chi connectivity index (χ4v) is 2.70. The molecule has 1 aromatic rings. The number of carbonyl (C=O) groups excluding carboxylic acids is 1. The Morgan fingerprint density at radius 1 is 1.58 bits per heavy atom. The molecule has 1 aliphatic carbocycles. The van der Waals surface area contributed by atoms with Gasteiger partial charge in [0.25, 0.3) is 5.91 Å². The van der Waals surface area contributed by atoms with E-state index in [9.17, 15) is 14.9 Å². The average Bonchev–Trinajstić information content (AvgIpc) is 2.85. The molecule has 2 heterocycles. The number of aromatic amines is 1. The van der Waals surface area contributed by atoms with Crippen LogP contribution >= 0.6 is 0 Å². The Bertz CT molecular complexity index is 523. The van der Waals surface area contributed by atoms with E-state index in [1.165, 1.54) is 6.07 Å².